The van der Waals surface area contributed by atoms with E-state index in [1.54, 1.807) is 38.1 Å². The van der Waals surface area contributed by atoms with Crippen molar-refractivity contribution in [2.75, 3.05) is 11.9 Å². The first-order valence-electron chi connectivity index (χ1n) is 5.75. The molecule has 0 unspecified atom stereocenters. The number of nitrogens with two attached hydrogens (primary N) is 2. The van der Waals surface area contributed by atoms with Crippen LogP contribution in [0.25, 0.3) is 0 Å². The number of carbonyl (C=O) groups is 1. The fraction of sp³-hybridized carbons (Fsp3) is 0.417. The Labute approximate surface area is 125 Å². The lowest BCUT2D eigenvalue weighted by molar-refractivity contribution is -0.123. The fourth-order valence-corrected chi connectivity index (χ4v) is 1.97. The Morgan fingerprint density at radius 1 is 1.25 bits per heavy atom. The van der Waals surface area contributed by atoms with E-state index < -0.39 is 15.4 Å². The van der Waals surface area contributed by atoms with Crippen LogP contribution in [0, 0.1) is 5.41 Å². The molecule has 1 amide bonds. The Kier molecular flexibility index (Phi) is 6.63. The zero-order chi connectivity index (χ0) is 14.7. The maximum Gasteiger partial charge on any atom is 0.231 e. The minimum atomic E-state index is -3.54. The van der Waals surface area contributed by atoms with Crippen LogP contribution >= 0.6 is 12.4 Å². The number of carbonyl (C=O) groups excluding carboxylic acids is 1. The molecular formula is C12H20ClN3O3S. The van der Waals surface area contributed by atoms with Crippen molar-refractivity contribution in [1.29, 1.82) is 0 Å². The summed E-state index contributed by atoms with van der Waals surface area (Å²) < 4.78 is 21.9. The lowest BCUT2D eigenvalue weighted by Crippen LogP contribution is -2.37. The Hall–Kier alpha value is -1.15. The highest BCUT2D eigenvalue weighted by Gasteiger charge is 2.25. The molecule has 0 radical (unpaired) electrons. The molecule has 0 atom stereocenters. The first kappa shape index (κ1) is 18.9. The smallest absolute Gasteiger partial charge is 0.231 e. The summed E-state index contributed by atoms with van der Waals surface area (Å²) >= 11 is 0. The van der Waals surface area contributed by atoms with Gasteiger partial charge in [-0.25, -0.2) is 13.6 Å². The molecule has 5 N–H and O–H groups in total. The van der Waals surface area contributed by atoms with Crippen molar-refractivity contribution in [2.24, 2.45) is 16.3 Å². The summed E-state index contributed by atoms with van der Waals surface area (Å²) in [5.41, 5.74) is 6.02. The third kappa shape index (κ3) is 5.87. The predicted octanol–water partition coefficient (Wildman–Crippen LogP) is 0.820. The quantitative estimate of drug-likeness (QED) is 0.744. The van der Waals surface area contributed by atoms with Gasteiger partial charge in [0, 0.05) is 12.2 Å². The number of halogens is 1. The molecule has 0 heterocycles. The highest BCUT2D eigenvalue weighted by Crippen LogP contribution is 2.17. The first-order chi connectivity index (χ1) is 8.64. The number of sulfonamides is 1. The molecule has 0 aliphatic rings. The van der Waals surface area contributed by atoms with Crippen LogP contribution in [0.2, 0.25) is 0 Å². The monoisotopic (exact) mass is 321 g/mol. The van der Waals surface area contributed by atoms with Gasteiger partial charge in [0.1, 0.15) is 0 Å². The molecule has 1 aromatic carbocycles. The van der Waals surface area contributed by atoms with E-state index in [1.165, 1.54) is 0 Å². The van der Waals surface area contributed by atoms with Gasteiger partial charge in [-0.15, -0.1) is 12.4 Å². The van der Waals surface area contributed by atoms with Crippen LogP contribution in [0.15, 0.2) is 24.3 Å². The van der Waals surface area contributed by atoms with Crippen LogP contribution in [-0.2, 0) is 20.6 Å². The van der Waals surface area contributed by atoms with E-state index in [2.05, 4.69) is 5.32 Å². The van der Waals surface area contributed by atoms with Gasteiger partial charge in [0.05, 0.1) is 11.2 Å². The number of primary sulfonamides is 1. The Balaban J connectivity index is 0.00000361. The summed E-state index contributed by atoms with van der Waals surface area (Å²) in [6, 6.07) is 6.47. The van der Waals surface area contributed by atoms with Crippen LogP contribution in [0.3, 0.4) is 0 Å². The Morgan fingerprint density at radius 3 is 2.15 bits per heavy atom. The van der Waals surface area contributed by atoms with Gasteiger partial charge in [0.25, 0.3) is 0 Å². The summed E-state index contributed by atoms with van der Waals surface area (Å²) in [6.07, 6.45) is 0. The lowest BCUT2D eigenvalue weighted by Gasteiger charge is -2.21. The number of hydrogen-bond acceptors (Lipinski definition) is 4. The van der Waals surface area contributed by atoms with E-state index >= 15 is 0 Å². The number of anilines is 1. The maximum atomic E-state index is 11.9. The van der Waals surface area contributed by atoms with Gasteiger partial charge in [0.15, 0.2) is 0 Å². The van der Waals surface area contributed by atoms with E-state index in [0.717, 1.165) is 0 Å². The molecule has 0 saturated carbocycles. The van der Waals surface area contributed by atoms with Gasteiger partial charge >= 0.3 is 0 Å². The van der Waals surface area contributed by atoms with Crippen molar-refractivity contribution in [3.63, 3.8) is 0 Å². The highest BCUT2D eigenvalue weighted by atomic mass is 35.5. The lowest BCUT2D eigenvalue weighted by atomic mass is 9.92. The summed E-state index contributed by atoms with van der Waals surface area (Å²) in [4.78, 5) is 11.9. The van der Waals surface area contributed by atoms with Crippen LogP contribution < -0.4 is 16.2 Å². The molecule has 0 saturated heterocycles. The Morgan fingerprint density at radius 2 is 1.75 bits per heavy atom. The molecule has 0 fully saturated rings. The van der Waals surface area contributed by atoms with Crippen LogP contribution in [0.1, 0.15) is 19.4 Å². The minimum Gasteiger partial charge on any atom is -0.329 e. The van der Waals surface area contributed by atoms with Crippen LogP contribution in [-0.4, -0.2) is 20.9 Å². The average molecular weight is 322 g/mol. The molecule has 0 aliphatic carbocycles. The fourth-order valence-electron chi connectivity index (χ4n) is 1.31. The molecule has 0 spiro atoms. The summed E-state index contributed by atoms with van der Waals surface area (Å²) in [5.74, 6) is -0.413. The van der Waals surface area contributed by atoms with E-state index in [-0.39, 0.29) is 30.6 Å². The van der Waals surface area contributed by atoms with Gasteiger partial charge in [0.2, 0.25) is 15.9 Å². The molecular weight excluding hydrogens is 302 g/mol. The number of benzene rings is 1. The number of amides is 1. The topological polar surface area (TPSA) is 115 Å². The van der Waals surface area contributed by atoms with Crippen molar-refractivity contribution >= 4 is 34.0 Å². The van der Waals surface area contributed by atoms with Gasteiger partial charge < -0.3 is 11.1 Å². The summed E-state index contributed by atoms with van der Waals surface area (Å²) in [5, 5.41) is 7.67. The molecule has 20 heavy (non-hydrogen) atoms. The van der Waals surface area contributed by atoms with Crippen molar-refractivity contribution in [3.05, 3.63) is 29.8 Å². The van der Waals surface area contributed by atoms with Crippen molar-refractivity contribution in [3.8, 4) is 0 Å². The number of hydrogen-bond donors (Lipinski definition) is 3. The zero-order valence-electron chi connectivity index (χ0n) is 11.4. The van der Waals surface area contributed by atoms with E-state index in [9.17, 15) is 13.2 Å². The maximum absolute atomic E-state index is 11.9. The molecule has 0 bridgehead atoms. The second kappa shape index (κ2) is 7.03. The van der Waals surface area contributed by atoms with E-state index in [4.69, 9.17) is 10.9 Å². The van der Waals surface area contributed by atoms with E-state index in [0.29, 0.717) is 11.3 Å². The van der Waals surface area contributed by atoms with E-state index in [1.807, 2.05) is 0 Å². The summed E-state index contributed by atoms with van der Waals surface area (Å²) in [7, 11) is -3.54. The van der Waals surface area contributed by atoms with Gasteiger partial charge in [-0.05, 0) is 31.5 Å². The minimum absolute atomic E-state index is 0. The summed E-state index contributed by atoms with van der Waals surface area (Å²) in [6.45, 7) is 3.73. The number of nitrogens with one attached hydrogen (secondary N) is 1. The molecule has 114 valence electrons. The van der Waals surface area contributed by atoms with Gasteiger partial charge in [-0.1, -0.05) is 12.1 Å². The molecule has 0 aliphatic heterocycles. The van der Waals surface area contributed by atoms with Crippen LogP contribution in [0.5, 0.6) is 0 Å². The average Bonchev–Trinajstić information content (AvgIpc) is 2.29. The largest absolute Gasteiger partial charge is 0.329 e. The van der Waals surface area contributed by atoms with Gasteiger partial charge in [-0.2, -0.15) is 0 Å². The zero-order valence-corrected chi connectivity index (χ0v) is 13.1. The van der Waals surface area contributed by atoms with Crippen molar-refractivity contribution in [2.45, 2.75) is 19.6 Å². The standard InChI is InChI=1S/C12H19N3O3S.ClH/c1-12(2,8-13)11(16)15-10-5-3-9(4-6-10)7-19(14,17)18;/h3-6H,7-8,13H2,1-2H3,(H,15,16)(H2,14,17,18);1H. The SMILES string of the molecule is CC(C)(CN)C(=O)Nc1ccc(CS(N)(=O)=O)cc1.Cl. The predicted molar refractivity (Wildman–Crippen MR) is 82.0 cm³/mol. The van der Waals surface area contributed by atoms with Crippen molar-refractivity contribution in [1.82, 2.24) is 0 Å². The third-order valence-electron chi connectivity index (χ3n) is 2.70. The molecule has 1 rings (SSSR count). The van der Waals surface area contributed by atoms with Crippen LogP contribution in [0.4, 0.5) is 5.69 Å². The highest BCUT2D eigenvalue weighted by molar-refractivity contribution is 7.88. The van der Waals surface area contributed by atoms with Crippen molar-refractivity contribution < 1.29 is 13.2 Å². The second-order valence-corrected chi connectivity index (χ2v) is 6.66. The molecule has 6 nitrogen and oxygen atoms in total. The number of rotatable bonds is 5. The third-order valence-corrected chi connectivity index (χ3v) is 3.44. The molecule has 1 aromatic rings. The molecule has 0 aromatic heterocycles. The molecule has 8 heteroatoms. The Bertz CT molecular complexity index is 556. The first-order valence-corrected chi connectivity index (χ1v) is 7.46. The van der Waals surface area contributed by atoms with Gasteiger partial charge in [-0.3, -0.25) is 4.79 Å². The second-order valence-electron chi connectivity index (χ2n) is 5.05. The normalized spacial score (nSPS) is 11.6.